The molecule has 6 heteroatoms. The summed E-state index contributed by atoms with van der Waals surface area (Å²) >= 11 is 0. The van der Waals surface area contributed by atoms with Crippen LogP contribution in [0.25, 0.3) is 0 Å². The number of aromatic nitrogens is 3. The molecule has 0 spiro atoms. The molecule has 2 rings (SSSR count). The average molecular weight is 273 g/mol. The third-order valence-electron chi connectivity index (χ3n) is 2.64. The van der Waals surface area contributed by atoms with Gasteiger partial charge >= 0.3 is 5.97 Å². The summed E-state index contributed by atoms with van der Waals surface area (Å²) in [6.45, 7) is 2.46. The van der Waals surface area contributed by atoms with E-state index in [-0.39, 0.29) is 17.9 Å². The van der Waals surface area contributed by atoms with E-state index in [0.29, 0.717) is 24.5 Å². The Balaban J connectivity index is 2.03. The number of ether oxygens (including phenoxy) is 1. The van der Waals surface area contributed by atoms with Gasteiger partial charge in [-0.1, -0.05) is 6.07 Å². The van der Waals surface area contributed by atoms with Crippen molar-refractivity contribution in [1.82, 2.24) is 14.8 Å². The first-order chi connectivity index (χ1) is 9.69. The van der Waals surface area contributed by atoms with Crippen molar-refractivity contribution >= 4 is 5.97 Å². The van der Waals surface area contributed by atoms with Crippen molar-refractivity contribution in [3.63, 3.8) is 0 Å². The molecular weight excluding hydrogens is 258 g/mol. The van der Waals surface area contributed by atoms with Crippen molar-refractivity contribution in [3.8, 4) is 0 Å². The summed E-state index contributed by atoms with van der Waals surface area (Å²) in [6.07, 6.45) is 1.79. The molecule has 0 saturated heterocycles. The third-order valence-corrected chi connectivity index (χ3v) is 2.64. The molecule has 0 saturated carbocycles. The van der Waals surface area contributed by atoms with E-state index in [4.69, 9.17) is 4.74 Å². The largest absolute Gasteiger partial charge is 0.466 e. The minimum Gasteiger partial charge on any atom is -0.466 e. The van der Waals surface area contributed by atoms with E-state index in [1.54, 1.807) is 37.4 Å². The molecule has 0 bridgehead atoms. The molecule has 0 amide bonds. The van der Waals surface area contributed by atoms with Gasteiger partial charge in [-0.15, -0.1) is 0 Å². The summed E-state index contributed by atoms with van der Waals surface area (Å²) < 4.78 is 6.37. The van der Waals surface area contributed by atoms with Crippen LogP contribution in [0.1, 0.15) is 18.3 Å². The zero-order chi connectivity index (χ0) is 14.4. The smallest absolute Gasteiger partial charge is 0.311 e. The molecule has 0 aromatic carbocycles. The molecule has 2 aromatic heterocycles. The highest BCUT2D eigenvalue weighted by Crippen LogP contribution is 2.00. The second-order valence-corrected chi connectivity index (χ2v) is 4.16. The minimum atomic E-state index is -0.325. The highest BCUT2D eigenvalue weighted by Gasteiger charge is 2.06. The van der Waals surface area contributed by atoms with Gasteiger partial charge in [-0.05, 0) is 25.1 Å². The van der Waals surface area contributed by atoms with Gasteiger partial charge in [0, 0.05) is 12.3 Å². The number of hydrogen-bond acceptors (Lipinski definition) is 5. The summed E-state index contributed by atoms with van der Waals surface area (Å²) in [6, 6.07) is 8.42. The predicted molar refractivity (Wildman–Crippen MR) is 72.2 cm³/mol. The van der Waals surface area contributed by atoms with Gasteiger partial charge in [-0.25, -0.2) is 0 Å². The Kier molecular flexibility index (Phi) is 4.60. The Labute approximate surface area is 116 Å². The molecule has 2 heterocycles. The molecule has 0 aliphatic carbocycles. The van der Waals surface area contributed by atoms with Gasteiger partial charge in [0.05, 0.1) is 31.0 Å². The highest BCUT2D eigenvalue weighted by atomic mass is 16.5. The number of carbonyl (C=O) groups is 1. The van der Waals surface area contributed by atoms with Crippen molar-refractivity contribution in [1.29, 1.82) is 0 Å². The molecule has 0 aliphatic heterocycles. The van der Waals surface area contributed by atoms with Gasteiger partial charge in [-0.3, -0.25) is 9.59 Å². The molecule has 6 nitrogen and oxygen atoms in total. The molecule has 0 atom stereocenters. The van der Waals surface area contributed by atoms with E-state index in [9.17, 15) is 9.59 Å². The minimum absolute atomic E-state index is 0.0927. The van der Waals surface area contributed by atoms with Crippen molar-refractivity contribution < 1.29 is 9.53 Å². The van der Waals surface area contributed by atoms with Crippen molar-refractivity contribution in [2.45, 2.75) is 19.9 Å². The van der Waals surface area contributed by atoms with Crippen LogP contribution < -0.4 is 5.56 Å². The molecule has 0 N–H and O–H groups in total. The second kappa shape index (κ2) is 6.60. The monoisotopic (exact) mass is 273 g/mol. The van der Waals surface area contributed by atoms with Crippen LogP contribution in [0.15, 0.2) is 41.3 Å². The number of hydrogen-bond donors (Lipinski definition) is 0. The summed E-state index contributed by atoms with van der Waals surface area (Å²) in [5.74, 6) is -0.325. The fourth-order valence-corrected chi connectivity index (χ4v) is 1.69. The highest BCUT2D eigenvalue weighted by molar-refractivity contribution is 5.71. The summed E-state index contributed by atoms with van der Waals surface area (Å²) in [4.78, 5) is 22.9. The first kappa shape index (κ1) is 13.9. The van der Waals surface area contributed by atoms with E-state index < -0.39 is 0 Å². The molecule has 0 unspecified atom stereocenters. The standard InChI is InChI=1S/C14H15N3O3/c1-2-20-14(19)9-11-6-7-12(16-15-11)10-17-8-4-3-5-13(17)18/h3-8H,2,9-10H2,1H3. The maximum absolute atomic E-state index is 11.6. The van der Waals surface area contributed by atoms with Gasteiger partial charge in [-0.2, -0.15) is 10.2 Å². The number of carbonyl (C=O) groups excluding carboxylic acids is 1. The Bertz CT molecular complexity index is 635. The SMILES string of the molecule is CCOC(=O)Cc1ccc(Cn2ccccc2=O)nn1. The number of esters is 1. The van der Waals surface area contributed by atoms with Gasteiger partial charge in [0.2, 0.25) is 0 Å². The Morgan fingerprint density at radius 3 is 2.60 bits per heavy atom. The fraction of sp³-hybridized carbons (Fsp3) is 0.286. The van der Waals surface area contributed by atoms with Crippen LogP contribution in [-0.4, -0.2) is 27.3 Å². The number of nitrogens with zero attached hydrogens (tertiary/aromatic N) is 3. The molecule has 0 radical (unpaired) electrons. The molecule has 2 aromatic rings. The normalized spacial score (nSPS) is 10.2. The zero-order valence-electron chi connectivity index (χ0n) is 11.2. The molecule has 104 valence electrons. The van der Waals surface area contributed by atoms with Crippen LogP contribution in [-0.2, 0) is 22.5 Å². The maximum Gasteiger partial charge on any atom is 0.311 e. The zero-order valence-corrected chi connectivity index (χ0v) is 11.2. The average Bonchev–Trinajstić information content (AvgIpc) is 2.44. The summed E-state index contributed by atoms with van der Waals surface area (Å²) in [5.41, 5.74) is 1.11. The molecule has 20 heavy (non-hydrogen) atoms. The van der Waals surface area contributed by atoms with E-state index in [0.717, 1.165) is 0 Å². The van der Waals surface area contributed by atoms with Gasteiger partial charge in [0.1, 0.15) is 0 Å². The van der Waals surface area contributed by atoms with Crippen LogP contribution in [0.3, 0.4) is 0 Å². The topological polar surface area (TPSA) is 74.1 Å². The summed E-state index contributed by atoms with van der Waals surface area (Å²) in [7, 11) is 0. The molecular formula is C14H15N3O3. The summed E-state index contributed by atoms with van der Waals surface area (Å²) in [5, 5.41) is 7.97. The van der Waals surface area contributed by atoms with E-state index in [2.05, 4.69) is 10.2 Å². The van der Waals surface area contributed by atoms with E-state index in [1.807, 2.05) is 0 Å². The lowest BCUT2D eigenvalue weighted by atomic mass is 10.2. The lowest BCUT2D eigenvalue weighted by molar-refractivity contribution is -0.142. The van der Waals surface area contributed by atoms with Crippen LogP contribution in [0.5, 0.6) is 0 Å². The lowest BCUT2D eigenvalue weighted by Gasteiger charge is -2.05. The van der Waals surface area contributed by atoms with Crippen LogP contribution in [0.4, 0.5) is 0 Å². The van der Waals surface area contributed by atoms with Gasteiger partial charge in [0.25, 0.3) is 5.56 Å². The van der Waals surface area contributed by atoms with Crippen molar-refractivity contribution in [2.75, 3.05) is 6.61 Å². The Hall–Kier alpha value is -2.50. The van der Waals surface area contributed by atoms with E-state index in [1.165, 1.54) is 10.6 Å². The first-order valence-corrected chi connectivity index (χ1v) is 6.31. The number of rotatable bonds is 5. The van der Waals surface area contributed by atoms with Crippen molar-refractivity contribution in [2.24, 2.45) is 0 Å². The van der Waals surface area contributed by atoms with Gasteiger partial charge < -0.3 is 9.30 Å². The Morgan fingerprint density at radius 2 is 1.95 bits per heavy atom. The van der Waals surface area contributed by atoms with Gasteiger partial charge in [0.15, 0.2) is 0 Å². The Morgan fingerprint density at radius 1 is 1.20 bits per heavy atom. The molecule has 0 aliphatic rings. The van der Waals surface area contributed by atoms with Crippen LogP contribution in [0.2, 0.25) is 0 Å². The second-order valence-electron chi connectivity index (χ2n) is 4.16. The quantitative estimate of drug-likeness (QED) is 0.753. The van der Waals surface area contributed by atoms with Crippen molar-refractivity contribution in [3.05, 3.63) is 58.3 Å². The van der Waals surface area contributed by atoms with Crippen LogP contribution >= 0.6 is 0 Å². The lowest BCUT2D eigenvalue weighted by Crippen LogP contribution is -2.19. The third kappa shape index (κ3) is 3.74. The molecule has 0 fully saturated rings. The first-order valence-electron chi connectivity index (χ1n) is 6.31. The predicted octanol–water partition coefficient (Wildman–Crippen LogP) is 0.792. The van der Waals surface area contributed by atoms with E-state index >= 15 is 0 Å². The fourth-order valence-electron chi connectivity index (χ4n) is 1.69. The number of pyridine rings is 1. The maximum atomic E-state index is 11.6. The van der Waals surface area contributed by atoms with Crippen LogP contribution in [0, 0.1) is 0 Å².